The molecule has 0 aliphatic heterocycles. The second kappa shape index (κ2) is 2.89. The first-order chi connectivity index (χ1) is 4.70. The van der Waals surface area contributed by atoms with Crippen LogP contribution in [-0.4, -0.2) is 20.7 Å². The number of aliphatic carboxylic acids is 1. The van der Waals surface area contributed by atoms with Crippen LogP contribution < -0.4 is 0 Å². The van der Waals surface area contributed by atoms with Gasteiger partial charge in [0.15, 0.2) is 5.03 Å². The fourth-order valence-electron chi connectivity index (χ4n) is 0.447. The summed E-state index contributed by atoms with van der Waals surface area (Å²) >= 11 is 5.71. The van der Waals surface area contributed by atoms with Crippen LogP contribution in [0.3, 0.4) is 0 Å². The topological polar surface area (TPSA) is 63.1 Å². The molecular weight excluding hydrogens is 172 g/mol. The van der Waals surface area contributed by atoms with Crippen LogP contribution in [0.1, 0.15) is 4.88 Å². The smallest absolute Gasteiger partial charge is 0.308 e. The summed E-state index contributed by atoms with van der Waals surface area (Å²) in [5, 5.41) is 12.1. The van der Waals surface area contributed by atoms with Crippen molar-refractivity contribution in [1.29, 1.82) is 0 Å². The van der Waals surface area contributed by atoms with Crippen molar-refractivity contribution in [3.05, 3.63) is 4.88 Å². The van der Waals surface area contributed by atoms with Crippen LogP contribution in [0, 0.1) is 0 Å². The van der Waals surface area contributed by atoms with Crippen LogP contribution in [0.4, 0.5) is 0 Å². The van der Waals surface area contributed by atoms with Crippen molar-refractivity contribution in [2.45, 2.75) is 11.4 Å². The summed E-state index contributed by atoms with van der Waals surface area (Å²) in [5.41, 5.74) is 0. The predicted octanol–water partition coefficient (Wildman–Crippen LogP) is 0.722. The fourth-order valence-corrected chi connectivity index (χ4v) is 1.25. The molecule has 0 aliphatic carbocycles. The molecule has 0 unspecified atom stereocenters. The first-order valence-electron chi connectivity index (χ1n) is 2.40. The Kier molecular flexibility index (Phi) is 2.13. The summed E-state index contributed by atoms with van der Waals surface area (Å²) in [7, 11) is 0. The van der Waals surface area contributed by atoms with E-state index in [0.717, 1.165) is 11.5 Å². The Morgan fingerprint density at radius 2 is 2.50 bits per heavy atom. The lowest BCUT2D eigenvalue weighted by Crippen LogP contribution is -1.98. The molecule has 1 radical (unpaired) electrons. The van der Waals surface area contributed by atoms with Crippen LogP contribution in [0.25, 0.3) is 0 Å². The van der Waals surface area contributed by atoms with Crippen LogP contribution >= 0.6 is 24.2 Å². The van der Waals surface area contributed by atoms with Crippen LogP contribution in [0.15, 0.2) is 5.03 Å². The van der Waals surface area contributed by atoms with Crippen LogP contribution in [-0.2, 0) is 11.2 Å². The molecule has 1 aromatic heterocycles. The first-order valence-corrected chi connectivity index (χ1v) is 3.58. The summed E-state index contributed by atoms with van der Waals surface area (Å²) in [5.74, 6) is -0.905. The summed E-state index contributed by atoms with van der Waals surface area (Å²) in [6.45, 7) is 0. The van der Waals surface area contributed by atoms with Crippen molar-refractivity contribution < 1.29 is 9.90 Å². The molecule has 0 fully saturated rings. The van der Waals surface area contributed by atoms with Crippen LogP contribution in [0.2, 0.25) is 0 Å². The van der Waals surface area contributed by atoms with Crippen molar-refractivity contribution >= 4 is 30.1 Å². The van der Waals surface area contributed by atoms with Gasteiger partial charge in [-0.15, -0.1) is 5.10 Å². The van der Waals surface area contributed by atoms with E-state index in [9.17, 15) is 4.79 Å². The highest BCUT2D eigenvalue weighted by Crippen LogP contribution is 2.14. The third-order valence-electron chi connectivity index (χ3n) is 0.833. The summed E-state index contributed by atoms with van der Waals surface area (Å²) in [4.78, 5) is 10.7. The second-order valence-corrected chi connectivity index (χ2v) is 2.80. The molecule has 53 valence electrons. The van der Waals surface area contributed by atoms with Gasteiger partial charge in [0.25, 0.3) is 0 Å². The minimum absolute atomic E-state index is 0.0729. The van der Waals surface area contributed by atoms with E-state index in [-0.39, 0.29) is 6.42 Å². The van der Waals surface area contributed by atoms with Crippen molar-refractivity contribution in [3.8, 4) is 0 Å². The van der Waals surface area contributed by atoms with E-state index in [1.54, 1.807) is 0 Å². The molecule has 1 aromatic rings. The van der Waals surface area contributed by atoms with E-state index in [0.29, 0.717) is 9.90 Å². The average molecular weight is 175 g/mol. The second-order valence-electron chi connectivity index (χ2n) is 1.57. The molecule has 4 nitrogen and oxygen atoms in total. The molecule has 0 amide bonds. The lowest BCUT2D eigenvalue weighted by molar-refractivity contribution is -0.136. The maximum Gasteiger partial charge on any atom is 0.308 e. The summed E-state index contributed by atoms with van der Waals surface area (Å²) < 4.78 is 3.50. The zero-order chi connectivity index (χ0) is 7.56. The zero-order valence-corrected chi connectivity index (χ0v) is 6.41. The summed E-state index contributed by atoms with van der Waals surface area (Å²) in [6, 6.07) is 0. The minimum Gasteiger partial charge on any atom is -0.481 e. The van der Waals surface area contributed by atoms with E-state index < -0.39 is 5.97 Å². The van der Waals surface area contributed by atoms with Gasteiger partial charge in [-0.25, -0.2) is 0 Å². The van der Waals surface area contributed by atoms with Gasteiger partial charge in [-0.3, -0.25) is 4.79 Å². The number of carboxylic acid groups (broad SMARTS) is 1. The molecule has 6 heteroatoms. The Labute approximate surface area is 66.5 Å². The van der Waals surface area contributed by atoms with Crippen molar-refractivity contribution in [2.24, 2.45) is 0 Å². The standard InChI is InChI=1S/C4H3N2O2S2/c7-3(8)1-2-4(9)5-6-10-2/h1H2,(H,7,8). The average Bonchev–Trinajstić information content (AvgIpc) is 2.15. The van der Waals surface area contributed by atoms with Gasteiger partial charge < -0.3 is 5.11 Å². The molecule has 0 aliphatic rings. The van der Waals surface area contributed by atoms with Gasteiger partial charge in [0, 0.05) is 0 Å². The lowest BCUT2D eigenvalue weighted by Gasteiger charge is -1.86. The van der Waals surface area contributed by atoms with E-state index in [2.05, 4.69) is 22.2 Å². The monoisotopic (exact) mass is 175 g/mol. The van der Waals surface area contributed by atoms with Gasteiger partial charge in [0.05, 0.1) is 11.3 Å². The number of hydrogen-bond acceptors (Lipinski definition) is 4. The molecule has 1 rings (SSSR count). The number of carboxylic acids is 1. The SMILES string of the molecule is O=C(O)Cc1snnc1[S]. The lowest BCUT2D eigenvalue weighted by atomic mass is 10.4. The molecule has 10 heavy (non-hydrogen) atoms. The molecule has 0 saturated carbocycles. The minimum atomic E-state index is -0.905. The number of nitrogens with zero attached hydrogens (tertiary/aromatic N) is 2. The Morgan fingerprint density at radius 1 is 1.80 bits per heavy atom. The first kappa shape index (κ1) is 7.36. The number of rotatable bonds is 2. The molecule has 0 spiro atoms. The molecule has 1 N–H and O–H groups in total. The van der Waals surface area contributed by atoms with Gasteiger partial charge in [0.1, 0.15) is 0 Å². The molecule has 1 heterocycles. The zero-order valence-electron chi connectivity index (χ0n) is 4.77. The molecule has 0 atom stereocenters. The molecule has 0 aromatic carbocycles. The largest absolute Gasteiger partial charge is 0.481 e. The predicted molar refractivity (Wildman–Crippen MR) is 37.1 cm³/mol. The summed E-state index contributed by atoms with van der Waals surface area (Å²) in [6.07, 6.45) is -0.0729. The third kappa shape index (κ3) is 1.61. The molecule has 0 bridgehead atoms. The number of carbonyl (C=O) groups is 1. The van der Waals surface area contributed by atoms with E-state index in [1.165, 1.54) is 0 Å². The number of aromatic nitrogens is 2. The maximum absolute atomic E-state index is 10.1. The Morgan fingerprint density at radius 3 is 2.90 bits per heavy atom. The van der Waals surface area contributed by atoms with E-state index in [1.807, 2.05) is 0 Å². The molecular formula is C4H3N2O2S2. The van der Waals surface area contributed by atoms with Gasteiger partial charge in [-0.05, 0) is 11.5 Å². The quantitative estimate of drug-likeness (QED) is 0.719. The highest BCUT2D eigenvalue weighted by molar-refractivity contribution is 7.80. The van der Waals surface area contributed by atoms with Gasteiger partial charge in [-0.2, -0.15) is 0 Å². The van der Waals surface area contributed by atoms with Gasteiger partial charge >= 0.3 is 5.97 Å². The number of hydrogen-bond donors (Lipinski definition) is 1. The van der Waals surface area contributed by atoms with E-state index >= 15 is 0 Å². The Hall–Kier alpha value is -0.750. The molecule has 0 saturated heterocycles. The van der Waals surface area contributed by atoms with Crippen LogP contribution in [0.5, 0.6) is 0 Å². The van der Waals surface area contributed by atoms with Crippen molar-refractivity contribution in [3.63, 3.8) is 0 Å². The highest BCUT2D eigenvalue weighted by Gasteiger charge is 2.08. The van der Waals surface area contributed by atoms with Crippen molar-refractivity contribution in [2.75, 3.05) is 0 Å². The van der Waals surface area contributed by atoms with Gasteiger partial charge in [-0.1, -0.05) is 17.1 Å². The third-order valence-corrected chi connectivity index (χ3v) is 2.01. The normalized spacial score (nSPS) is 9.60. The van der Waals surface area contributed by atoms with Gasteiger partial charge in [0.2, 0.25) is 0 Å². The Bertz CT molecular complexity index is 247. The Balaban J connectivity index is 2.74. The van der Waals surface area contributed by atoms with E-state index in [4.69, 9.17) is 5.11 Å². The highest BCUT2D eigenvalue weighted by atomic mass is 32.1. The fraction of sp³-hybridized carbons (Fsp3) is 0.250. The van der Waals surface area contributed by atoms with Crippen molar-refractivity contribution in [1.82, 2.24) is 9.59 Å². The maximum atomic E-state index is 10.1.